The fourth-order valence-corrected chi connectivity index (χ4v) is 1.96. The van der Waals surface area contributed by atoms with Gasteiger partial charge in [0.25, 0.3) is 0 Å². The maximum Gasteiger partial charge on any atom is 0.317 e. The Labute approximate surface area is 128 Å². The average molecular weight is 315 g/mol. The van der Waals surface area contributed by atoms with Crippen molar-refractivity contribution in [2.24, 2.45) is 5.92 Å². The lowest BCUT2D eigenvalue weighted by molar-refractivity contribution is -0.141. The van der Waals surface area contributed by atoms with E-state index in [1.54, 1.807) is 32.2 Å². The number of benzene rings is 1. The van der Waals surface area contributed by atoms with Crippen LogP contribution in [0.5, 0.6) is 5.75 Å². The number of carboxylic acid groups (broad SMARTS) is 1. The molecule has 1 unspecified atom stereocenters. The van der Waals surface area contributed by atoms with Gasteiger partial charge in [-0.25, -0.2) is 4.79 Å². The number of aliphatic carboxylic acids is 1. The summed E-state index contributed by atoms with van der Waals surface area (Å²) in [4.78, 5) is 24.0. The van der Waals surface area contributed by atoms with Crippen molar-refractivity contribution >= 4 is 23.6 Å². The average Bonchev–Trinajstić information content (AvgIpc) is 2.44. The SMILES string of the molecule is COc1ccc(Cl)cc1CNC(=O)N(C)CC(C)C(=O)O. The predicted octanol–water partition coefficient (Wildman–Crippen LogP) is 2.21. The minimum Gasteiger partial charge on any atom is -0.496 e. The molecule has 1 aromatic carbocycles. The van der Waals surface area contributed by atoms with Crippen LogP contribution in [-0.2, 0) is 11.3 Å². The maximum absolute atomic E-state index is 11.9. The van der Waals surface area contributed by atoms with Crippen molar-refractivity contribution in [3.8, 4) is 5.75 Å². The number of carbonyl (C=O) groups is 2. The molecule has 0 aliphatic heterocycles. The Bertz CT molecular complexity index is 522. The molecule has 1 rings (SSSR count). The summed E-state index contributed by atoms with van der Waals surface area (Å²) in [5.41, 5.74) is 0.748. The Morgan fingerprint density at radius 1 is 1.48 bits per heavy atom. The van der Waals surface area contributed by atoms with Crippen molar-refractivity contribution < 1.29 is 19.4 Å². The molecule has 7 heteroatoms. The molecule has 2 amide bonds. The number of rotatable bonds is 6. The molecular weight excluding hydrogens is 296 g/mol. The van der Waals surface area contributed by atoms with Crippen LogP contribution in [0.2, 0.25) is 5.02 Å². The predicted molar refractivity (Wildman–Crippen MR) is 79.7 cm³/mol. The molecule has 0 aliphatic carbocycles. The highest BCUT2D eigenvalue weighted by atomic mass is 35.5. The van der Waals surface area contributed by atoms with Gasteiger partial charge in [-0.05, 0) is 18.2 Å². The van der Waals surface area contributed by atoms with Gasteiger partial charge in [0, 0.05) is 30.7 Å². The van der Waals surface area contributed by atoms with Crippen LogP contribution in [0.4, 0.5) is 4.79 Å². The van der Waals surface area contributed by atoms with Crippen molar-refractivity contribution in [3.05, 3.63) is 28.8 Å². The lowest BCUT2D eigenvalue weighted by Gasteiger charge is -2.20. The third kappa shape index (κ3) is 5.15. The first kappa shape index (κ1) is 17.1. The molecule has 0 fully saturated rings. The van der Waals surface area contributed by atoms with E-state index in [1.807, 2.05) is 0 Å². The van der Waals surface area contributed by atoms with Crippen molar-refractivity contribution in [3.63, 3.8) is 0 Å². The van der Waals surface area contributed by atoms with Crippen LogP contribution in [-0.4, -0.2) is 42.7 Å². The Morgan fingerprint density at radius 3 is 2.71 bits per heavy atom. The smallest absolute Gasteiger partial charge is 0.317 e. The van der Waals surface area contributed by atoms with Gasteiger partial charge < -0.3 is 20.1 Å². The standard InChI is InChI=1S/C14H19ClN2O4/c1-9(13(18)19)8-17(2)14(20)16-7-10-6-11(15)4-5-12(10)21-3/h4-6,9H,7-8H2,1-3H3,(H,16,20)(H,18,19). The Kier molecular flexibility index (Phi) is 6.30. The molecule has 0 saturated heterocycles. The third-order valence-corrected chi connectivity index (χ3v) is 3.22. The second-order valence-corrected chi connectivity index (χ2v) is 5.17. The van der Waals surface area contributed by atoms with E-state index in [-0.39, 0.29) is 19.1 Å². The van der Waals surface area contributed by atoms with E-state index < -0.39 is 11.9 Å². The summed E-state index contributed by atoms with van der Waals surface area (Å²) in [5.74, 6) is -0.936. The van der Waals surface area contributed by atoms with Crippen LogP contribution in [0.3, 0.4) is 0 Å². The first-order chi connectivity index (χ1) is 9.85. The molecule has 116 valence electrons. The zero-order chi connectivity index (χ0) is 16.0. The highest BCUT2D eigenvalue weighted by Gasteiger charge is 2.17. The lowest BCUT2D eigenvalue weighted by atomic mass is 10.2. The van der Waals surface area contributed by atoms with Crippen LogP contribution < -0.4 is 10.1 Å². The molecule has 1 aromatic rings. The summed E-state index contributed by atoms with van der Waals surface area (Å²) >= 11 is 5.91. The van der Waals surface area contributed by atoms with Crippen LogP contribution in [0.1, 0.15) is 12.5 Å². The van der Waals surface area contributed by atoms with Gasteiger partial charge in [-0.2, -0.15) is 0 Å². The van der Waals surface area contributed by atoms with E-state index in [0.29, 0.717) is 10.8 Å². The molecule has 0 radical (unpaired) electrons. The Morgan fingerprint density at radius 2 is 2.14 bits per heavy atom. The molecule has 0 spiro atoms. The summed E-state index contributed by atoms with van der Waals surface area (Å²) < 4.78 is 5.19. The van der Waals surface area contributed by atoms with E-state index >= 15 is 0 Å². The molecule has 21 heavy (non-hydrogen) atoms. The number of nitrogens with one attached hydrogen (secondary N) is 1. The molecule has 0 aliphatic rings. The van der Waals surface area contributed by atoms with E-state index in [9.17, 15) is 9.59 Å². The third-order valence-electron chi connectivity index (χ3n) is 2.99. The van der Waals surface area contributed by atoms with Crippen LogP contribution in [0.15, 0.2) is 18.2 Å². The second kappa shape index (κ2) is 7.73. The van der Waals surface area contributed by atoms with Crippen molar-refractivity contribution in [2.75, 3.05) is 20.7 Å². The number of urea groups is 1. The van der Waals surface area contributed by atoms with Crippen LogP contribution >= 0.6 is 11.6 Å². The minimum atomic E-state index is -0.939. The summed E-state index contributed by atoms with van der Waals surface area (Å²) in [6.07, 6.45) is 0. The van der Waals surface area contributed by atoms with Crippen molar-refractivity contribution in [1.29, 1.82) is 0 Å². The zero-order valence-corrected chi connectivity index (χ0v) is 13.0. The van der Waals surface area contributed by atoms with Gasteiger partial charge in [0.05, 0.1) is 13.0 Å². The number of amides is 2. The topological polar surface area (TPSA) is 78.9 Å². The lowest BCUT2D eigenvalue weighted by Crippen LogP contribution is -2.40. The molecule has 0 heterocycles. The largest absolute Gasteiger partial charge is 0.496 e. The first-order valence-electron chi connectivity index (χ1n) is 6.39. The Balaban J connectivity index is 2.60. The molecule has 6 nitrogen and oxygen atoms in total. The number of methoxy groups -OCH3 is 1. The second-order valence-electron chi connectivity index (χ2n) is 4.73. The first-order valence-corrected chi connectivity index (χ1v) is 6.77. The monoisotopic (exact) mass is 314 g/mol. The molecule has 2 N–H and O–H groups in total. The van der Waals surface area contributed by atoms with E-state index in [4.69, 9.17) is 21.4 Å². The van der Waals surface area contributed by atoms with E-state index in [0.717, 1.165) is 5.56 Å². The number of carboxylic acids is 1. The summed E-state index contributed by atoms with van der Waals surface area (Å²) in [6, 6.07) is 4.78. The maximum atomic E-state index is 11.9. The Hall–Kier alpha value is -1.95. The number of hydrogen-bond acceptors (Lipinski definition) is 3. The van der Waals surface area contributed by atoms with Gasteiger partial charge in [0.2, 0.25) is 0 Å². The van der Waals surface area contributed by atoms with Gasteiger partial charge in [-0.1, -0.05) is 18.5 Å². The number of nitrogens with zero attached hydrogens (tertiary/aromatic N) is 1. The minimum absolute atomic E-state index is 0.133. The number of hydrogen-bond donors (Lipinski definition) is 2. The van der Waals surface area contributed by atoms with Gasteiger partial charge >= 0.3 is 12.0 Å². The van der Waals surface area contributed by atoms with Crippen LogP contribution in [0.25, 0.3) is 0 Å². The fraction of sp³-hybridized carbons (Fsp3) is 0.429. The zero-order valence-electron chi connectivity index (χ0n) is 12.2. The highest BCUT2D eigenvalue weighted by Crippen LogP contribution is 2.22. The molecule has 0 bridgehead atoms. The van der Waals surface area contributed by atoms with Gasteiger partial charge in [0.15, 0.2) is 0 Å². The number of ether oxygens (including phenoxy) is 1. The molecular formula is C14H19ClN2O4. The van der Waals surface area contributed by atoms with Crippen molar-refractivity contribution in [2.45, 2.75) is 13.5 Å². The number of halogens is 1. The van der Waals surface area contributed by atoms with Gasteiger partial charge in [-0.15, -0.1) is 0 Å². The normalized spacial score (nSPS) is 11.6. The molecule has 1 atom stereocenters. The van der Waals surface area contributed by atoms with E-state index in [1.165, 1.54) is 12.0 Å². The molecule has 0 aromatic heterocycles. The number of carbonyl (C=O) groups excluding carboxylic acids is 1. The van der Waals surface area contributed by atoms with Gasteiger partial charge in [0.1, 0.15) is 5.75 Å². The van der Waals surface area contributed by atoms with Gasteiger partial charge in [-0.3, -0.25) is 4.79 Å². The quantitative estimate of drug-likeness (QED) is 0.844. The van der Waals surface area contributed by atoms with Crippen LogP contribution in [0, 0.1) is 5.92 Å². The highest BCUT2D eigenvalue weighted by molar-refractivity contribution is 6.30. The molecule has 0 saturated carbocycles. The fourth-order valence-electron chi connectivity index (χ4n) is 1.76. The van der Waals surface area contributed by atoms with E-state index in [2.05, 4.69) is 5.32 Å². The summed E-state index contributed by atoms with van der Waals surface area (Å²) in [5, 5.41) is 12.1. The summed E-state index contributed by atoms with van der Waals surface area (Å²) in [6.45, 7) is 1.92. The summed E-state index contributed by atoms with van der Waals surface area (Å²) in [7, 11) is 3.08. The van der Waals surface area contributed by atoms with Crippen molar-refractivity contribution in [1.82, 2.24) is 10.2 Å².